The number of benzene rings is 1. The van der Waals surface area contributed by atoms with Crippen LogP contribution in [0.3, 0.4) is 0 Å². The minimum absolute atomic E-state index is 0.00850. The Kier molecular flexibility index (Phi) is 15.5. The molecule has 14 nitrogen and oxygen atoms in total. The molecule has 0 atom stereocenters. The van der Waals surface area contributed by atoms with Crippen molar-refractivity contribution in [3.8, 4) is 0 Å². The van der Waals surface area contributed by atoms with Crippen LogP contribution in [0.5, 0.6) is 0 Å². The lowest BCUT2D eigenvalue weighted by molar-refractivity contribution is -0.159. The van der Waals surface area contributed by atoms with E-state index in [1.807, 2.05) is 6.07 Å². The maximum absolute atomic E-state index is 13.2. The molecule has 228 valence electrons. The summed E-state index contributed by atoms with van der Waals surface area (Å²) in [6, 6.07) is 8.91. The molecule has 14 heteroatoms. The van der Waals surface area contributed by atoms with Gasteiger partial charge in [0.1, 0.15) is 38.4 Å². The van der Waals surface area contributed by atoms with Crippen LogP contribution >= 0.6 is 0 Å². The first kappa shape index (κ1) is 34.8. The van der Waals surface area contributed by atoms with Gasteiger partial charge in [0.05, 0.1) is 13.2 Å². The van der Waals surface area contributed by atoms with Gasteiger partial charge in [0.25, 0.3) is 0 Å². The second-order valence-electron chi connectivity index (χ2n) is 9.73. The molecule has 0 heterocycles. The van der Waals surface area contributed by atoms with Crippen molar-refractivity contribution >= 4 is 35.8 Å². The highest BCUT2D eigenvalue weighted by atomic mass is 16.6. The highest BCUT2D eigenvalue weighted by Gasteiger charge is 2.27. The van der Waals surface area contributed by atoms with E-state index in [9.17, 15) is 33.9 Å². The van der Waals surface area contributed by atoms with E-state index in [4.69, 9.17) is 14.2 Å². The van der Waals surface area contributed by atoms with Crippen molar-refractivity contribution in [2.75, 3.05) is 52.5 Å². The van der Waals surface area contributed by atoms with Crippen LogP contribution < -0.4 is 10.6 Å². The van der Waals surface area contributed by atoms with Crippen LogP contribution in [0.25, 0.3) is 0 Å². The van der Waals surface area contributed by atoms with Crippen LogP contribution in [-0.4, -0.2) is 109 Å². The minimum Gasteiger partial charge on any atom is -0.465 e. The van der Waals surface area contributed by atoms with Gasteiger partial charge in [-0.1, -0.05) is 30.3 Å². The summed E-state index contributed by atoms with van der Waals surface area (Å²) < 4.78 is 15.1. The summed E-state index contributed by atoms with van der Waals surface area (Å²) in [5, 5.41) is 13.9. The van der Waals surface area contributed by atoms with Crippen LogP contribution in [0, 0.1) is 0 Å². The van der Waals surface area contributed by atoms with E-state index in [1.165, 1.54) is 0 Å². The van der Waals surface area contributed by atoms with Gasteiger partial charge in [-0.15, -0.1) is 0 Å². The Labute approximate surface area is 239 Å². The zero-order chi connectivity index (χ0) is 30.8. The quantitative estimate of drug-likeness (QED) is 0.177. The molecule has 0 aromatic heterocycles. The predicted octanol–water partition coefficient (Wildman–Crippen LogP) is -0.0266. The van der Waals surface area contributed by atoms with E-state index < -0.39 is 74.1 Å². The van der Waals surface area contributed by atoms with Crippen molar-refractivity contribution in [3.63, 3.8) is 0 Å². The van der Waals surface area contributed by atoms with Crippen molar-refractivity contribution < 1.29 is 48.1 Å². The molecular formula is C27H40N4O10. The molecule has 0 spiro atoms. The molecule has 0 saturated carbocycles. The van der Waals surface area contributed by atoms with E-state index in [0.717, 1.165) is 15.4 Å². The molecule has 0 bridgehead atoms. The SMILES string of the molecule is CCOC(=O)CNC(=O)CN(CC(=O)OC(C)(C)C)C(=O)CN(CCCO)C(=O)CNC(=O)OCc1ccccc1. The number of aliphatic hydroxyl groups excluding tert-OH is 1. The zero-order valence-corrected chi connectivity index (χ0v) is 24.0. The number of ether oxygens (including phenoxy) is 3. The van der Waals surface area contributed by atoms with Crippen molar-refractivity contribution in [1.82, 2.24) is 20.4 Å². The number of hydrogen-bond acceptors (Lipinski definition) is 10. The topological polar surface area (TPSA) is 181 Å². The number of hydrogen-bond donors (Lipinski definition) is 3. The molecule has 3 N–H and O–H groups in total. The van der Waals surface area contributed by atoms with Crippen molar-refractivity contribution in [2.45, 2.75) is 46.3 Å². The highest BCUT2D eigenvalue weighted by molar-refractivity contribution is 5.92. The smallest absolute Gasteiger partial charge is 0.407 e. The number of carbonyl (C=O) groups is 6. The molecule has 1 rings (SSSR count). The van der Waals surface area contributed by atoms with Gasteiger partial charge in [-0.3, -0.25) is 24.0 Å². The second kappa shape index (κ2) is 18.2. The van der Waals surface area contributed by atoms with Crippen molar-refractivity contribution in [2.24, 2.45) is 0 Å². The predicted molar refractivity (Wildman–Crippen MR) is 145 cm³/mol. The first-order valence-corrected chi connectivity index (χ1v) is 13.1. The third-order valence-corrected chi connectivity index (χ3v) is 5.02. The zero-order valence-electron chi connectivity index (χ0n) is 24.0. The second-order valence-corrected chi connectivity index (χ2v) is 9.73. The summed E-state index contributed by atoms with van der Waals surface area (Å²) in [5.74, 6) is -3.65. The number of rotatable bonds is 16. The molecule has 4 amide bonds. The lowest BCUT2D eigenvalue weighted by Crippen LogP contribution is -2.50. The summed E-state index contributed by atoms with van der Waals surface area (Å²) in [5.41, 5.74) is -0.109. The third kappa shape index (κ3) is 15.8. The summed E-state index contributed by atoms with van der Waals surface area (Å²) >= 11 is 0. The average Bonchev–Trinajstić information content (AvgIpc) is 2.90. The molecule has 0 aliphatic carbocycles. The number of carbonyl (C=O) groups excluding carboxylic acids is 6. The van der Waals surface area contributed by atoms with Gasteiger partial charge >= 0.3 is 18.0 Å². The van der Waals surface area contributed by atoms with E-state index in [0.29, 0.717) is 0 Å². The molecule has 0 radical (unpaired) electrons. The summed E-state index contributed by atoms with van der Waals surface area (Å²) in [7, 11) is 0. The van der Waals surface area contributed by atoms with Gasteiger partial charge < -0.3 is 39.8 Å². The Hall–Kier alpha value is -4.20. The lowest BCUT2D eigenvalue weighted by Gasteiger charge is -2.28. The fourth-order valence-electron chi connectivity index (χ4n) is 3.22. The van der Waals surface area contributed by atoms with Crippen LogP contribution in [0.1, 0.15) is 39.7 Å². The van der Waals surface area contributed by atoms with Gasteiger partial charge in [0, 0.05) is 13.2 Å². The monoisotopic (exact) mass is 580 g/mol. The molecular weight excluding hydrogens is 540 g/mol. The Morgan fingerprint density at radius 2 is 1.51 bits per heavy atom. The molecule has 0 fully saturated rings. The largest absolute Gasteiger partial charge is 0.465 e. The number of nitrogens with one attached hydrogen (secondary N) is 2. The van der Waals surface area contributed by atoms with E-state index >= 15 is 0 Å². The Morgan fingerprint density at radius 3 is 2.12 bits per heavy atom. The van der Waals surface area contributed by atoms with Crippen molar-refractivity contribution in [3.05, 3.63) is 35.9 Å². The fourth-order valence-corrected chi connectivity index (χ4v) is 3.22. The van der Waals surface area contributed by atoms with Crippen LogP contribution in [0.4, 0.5) is 4.79 Å². The first-order chi connectivity index (χ1) is 19.3. The maximum atomic E-state index is 13.2. The number of esters is 2. The molecule has 41 heavy (non-hydrogen) atoms. The summed E-state index contributed by atoms with van der Waals surface area (Å²) in [6.07, 6.45) is -0.718. The van der Waals surface area contributed by atoms with Gasteiger partial charge in [0.15, 0.2) is 0 Å². The normalized spacial score (nSPS) is 10.7. The van der Waals surface area contributed by atoms with Crippen molar-refractivity contribution in [1.29, 1.82) is 0 Å². The Bertz CT molecular complexity index is 1030. The molecule has 1 aromatic rings. The molecule has 0 aliphatic rings. The lowest BCUT2D eigenvalue weighted by atomic mass is 10.2. The third-order valence-electron chi connectivity index (χ3n) is 5.02. The average molecular weight is 581 g/mol. The van der Waals surface area contributed by atoms with Gasteiger partial charge in [-0.25, -0.2) is 4.79 Å². The number of aliphatic hydroxyl groups is 1. The highest BCUT2D eigenvalue weighted by Crippen LogP contribution is 2.08. The fraction of sp³-hybridized carbons (Fsp3) is 0.556. The molecule has 1 aromatic carbocycles. The van der Waals surface area contributed by atoms with Gasteiger partial charge in [0.2, 0.25) is 17.7 Å². The molecule has 0 aliphatic heterocycles. The Balaban J connectivity index is 2.86. The minimum atomic E-state index is -0.859. The van der Waals surface area contributed by atoms with Crippen LogP contribution in [0.15, 0.2) is 30.3 Å². The van der Waals surface area contributed by atoms with E-state index in [2.05, 4.69) is 10.6 Å². The number of amides is 4. The summed E-state index contributed by atoms with van der Waals surface area (Å²) in [4.78, 5) is 76.4. The molecule has 0 saturated heterocycles. The standard InChI is InChI=1S/C27H40N4O10/c1-5-39-24(36)15-28-21(33)16-31(18-25(37)41-27(2,3)4)23(35)17-30(12-9-13-32)22(34)14-29-26(38)40-19-20-10-7-6-8-11-20/h6-8,10-11,32H,5,9,12-19H2,1-4H3,(H,28,33)(H,29,38). The van der Waals surface area contributed by atoms with E-state index in [1.54, 1.807) is 52.0 Å². The summed E-state index contributed by atoms with van der Waals surface area (Å²) in [6.45, 7) is 3.59. The molecule has 0 unspecified atom stereocenters. The Morgan fingerprint density at radius 1 is 0.829 bits per heavy atom. The van der Waals surface area contributed by atoms with E-state index in [-0.39, 0.29) is 32.8 Å². The van der Waals surface area contributed by atoms with Gasteiger partial charge in [-0.2, -0.15) is 0 Å². The maximum Gasteiger partial charge on any atom is 0.407 e. The van der Waals surface area contributed by atoms with Gasteiger partial charge in [-0.05, 0) is 39.7 Å². The first-order valence-electron chi connectivity index (χ1n) is 13.1. The number of alkyl carbamates (subject to hydrolysis) is 1. The number of nitrogens with zero attached hydrogens (tertiary/aromatic N) is 2. The van der Waals surface area contributed by atoms with Crippen LogP contribution in [0.2, 0.25) is 0 Å². The van der Waals surface area contributed by atoms with Crippen LogP contribution in [-0.2, 0) is 44.8 Å².